The lowest BCUT2D eigenvalue weighted by molar-refractivity contribution is -0.149. The number of nitrogens with zero attached hydrogens (tertiary/aromatic N) is 1. The van der Waals surface area contributed by atoms with E-state index in [2.05, 4.69) is 5.43 Å². The van der Waals surface area contributed by atoms with E-state index in [1.807, 2.05) is 17.5 Å². The van der Waals surface area contributed by atoms with Gasteiger partial charge in [0.25, 0.3) is 0 Å². The highest BCUT2D eigenvalue weighted by Gasteiger charge is 2.25. The lowest BCUT2D eigenvalue weighted by atomic mass is 10.2. The minimum atomic E-state index is -0.125. The molecule has 1 fully saturated rings. The molecule has 0 spiro atoms. The van der Waals surface area contributed by atoms with Gasteiger partial charge in [0.05, 0.1) is 13.0 Å². The van der Waals surface area contributed by atoms with Gasteiger partial charge in [0.2, 0.25) is 11.8 Å². The Labute approximate surface area is 85.5 Å². The molecule has 1 aromatic heterocycles. The normalized spacial score (nSPS) is 15.1. The van der Waals surface area contributed by atoms with E-state index in [1.54, 1.807) is 11.3 Å². The summed E-state index contributed by atoms with van der Waals surface area (Å²) in [5.74, 6) is -0.134. The maximum atomic E-state index is 11.4. The van der Waals surface area contributed by atoms with Crippen molar-refractivity contribution in [1.82, 2.24) is 10.4 Å². The molecule has 0 saturated carbocycles. The summed E-state index contributed by atoms with van der Waals surface area (Å²) in [7, 11) is 0. The first-order valence-corrected chi connectivity index (χ1v) is 5.26. The molecule has 1 aliphatic rings. The lowest BCUT2D eigenvalue weighted by Crippen LogP contribution is -2.54. The van der Waals surface area contributed by atoms with Crippen LogP contribution in [0.1, 0.15) is 11.3 Å². The maximum absolute atomic E-state index is 11.4. The zero-order valence-electron chi connectivity index (χ0n) is 7.53. The van der Waals surface area contributed by atoms with E-state index >= 15 is 0 Å². The van der Waals surface area contributed by atoms with Gasteiger partial charge in [0.15, 0.2) is 0 Å². The Balaban J connectivity index is 1.82. The molecule has 2 rings (SSSR count). The number of hydrogen-bond acceptors (Lipinski definition) is 3. The maximum Gasteiger partial charge on any atom is 0.243 e. The zero-order valence-corrected chi connectivity index (χ0v) is 8.34. The summed E-state index contributed by atoms with van der Waals surface area (Å²) in [6.45, 7) is 0.634. The Hall–Kier alpha value is -1.36. The van der Waals surface area contributed by atoms with Crippen molar-refractivity contribution in [3.8, 4) is 0 Å². The van der Waals surface area contributed by atoms with Gasteiger partial charge < -0.3 is 0 Å². The van der Waals surface area contributed by atoms with Crippen molar-refractivity contribution in [2.75, 3.05) is 6.54 Å². The van der Waals surface area contributed by atoms with E-state index in [-0.39, 0.29) is 11.8 Å². The molecule has 2 amide bonds. The number of amides is 2. The third kappa shape index (κ3) is 1.93. The summed E-state index contributed by atoms with van der Waals surface area (Å²) in [5, 5.41) is 3.29. The number of thiophene rings is 1. The fourth-order valence-electron chi connectivity index (χ4n) is 1.19. The lowest BCUT2D eigenvalue weighted by Gasteiger charge is -2.30. The van der Waals surface area contributed by atoms with E-state index < -0.39 is 0 Å². The van der Waals surface area contributed by atoms with Crippen LogP contribution in [-0.2, 0) is 16.0 Å². The van der Waals surface area contributed by atoms with E-state index in [0.717, 1.165) is 4.88 Å². The van der Waals surface area contributed by atoms with Gasteiger partial charge >= 0.3 is 0 Å². The Morgan fingerprint density at radius 1 is 1.64 bits per heavy atom. The fourth-order valence-corrected chi connectivity index (χ4v) is 1.90. The fraction of sp³-hybridized carbons (Fsp3) is 0.333. The van der Waals surface area contributed by atoms with Crippen molar-refractivity contribution < 1.29 is 9.59 Å². The molecule has 1 aliphatic heterocycles. The number of rotatable bonds is 3. The van der Waals surface area contributed by atoms with Crippen LogP contribution >= 0.6 is 11.3 Å². The van der Waals surface area contributed by atoms with E-state index in [0.29, 0.717) is 19.4 Å². The van der Waals surface area contributed by atoms with Gasteiger partial charge in [-0.15, -0.1) is 11.3 Å². The number of hydrazine groups is 1. The van der Waals surface area contributed by atoms with Crippen molar-refractivity contribution in [1.29, 1.82) is 0 Å². The summed E-state index contributed by atoms with van der Waals surface area (Å²) >= 11 is 1.54. The predicted octanol–water partition coefficient (Wildman–Crippen LogP) is 0.554. The highest BCUT2D eigenvalue weighted by atomic mass is 32.1. The molecular weight excluding hydrogens is 200 g/mol. The monoisotopic (exact) mass is 210 g/mol. The van der Waals surface area contributed by atoms with Crippen LogP contribution < -0.4 is 5.43 Å². The van der Waals surface area contributed by atoms with Gasteiger partial charge in [-0.25, -0.2) is 0 Å². The molecule has 5 heteroatoms. The number of hydrogen-bond donors (Lipinski definition) is 1. The van der Waals surface area contributed by atoms with Crippen LogP contribution in [-0.4, -0.2) is 23.4 Å². The topological polar surface area (TPSA) is 49.4 Å². The van der Waals surface area contributed by atoms with Crippen LogP contribution in [0.15, 0.2) is 17.5 Å². The van der Waals surface area contributed by atoms with E-state index in [4.69, 9.17) is 0 Å². The third-order valence-corrected chi connectivity index (χ3v) is 2.90. The van der Waals surface area contributed by atoms with E-state index in [1.165, 1.54) is 5.01 Å². The quantitative estimate of drug-likeness (QED) is 0.741. The van der Waals surface area contributed by atoms with Crippen LogP contribution in [0.25, 0.3) is 0 Å². The predicted molar refractivity (Wildman–Crippen MR) is 52.5 cm³/mol. The van der Waals surface area contributed by atoms with Crippen molar-refractivity contribution >= 4 is 23.2 Å². The van der Waals surface area contributed by atoms with Gasteiger partial charge in [-0.3, -0.25) is 20.0 Å². The number of nitrogens with one attached hydrogen (secondary N) is 1. The molecule has 14 heavy (non-hydrogen) atoms. The summed E-state index contributed by atoms with van der Waals surface area (Å²) in [6.07, 6.45) is 0.890. The Morgan fingerprint density at radius 3 is 3.00 bits per heavy atom. The molecule has 1 aromatic rings. The van der Waals surface area contributed by atoms with Crippen molar-refractivity contribution in [3.63, 3.8) is 0 Å². The number of β-lactam (4-membered cyclic amide) rings is 1. The third-order valence-electron chi connectivity index (χ3n) is 2.02. The van der Waals surface area contributed by atoms with Crippen LogP contribution in [0.2, 0.25) is 0 Å². The molecule has 0 aliphatic carbocycles. The molecule has 1 saturated heterocycles. The molecule has 0 unspecified atom stereocenters. The van der Waals surface area contributed by atoms with Crippen molar-refractivity contribution in [2.24, 2.45) is 0 Å². The molecule has 0 radical (unpaired) electrons. The number of carbonyl (C=O) groups is 2. The Kier molecular flexibility index (Phi) is 2.49. The first kappa shape index (κ1) is 9.21. The summed E-state index contributed by atoms with van der Waals surface area (Å²) in [6, 6.07) is 3.81. The first-order valence-electron chi connectivity index (χ1n) is 4.38. The minimum absolute atomic E-state index is 0.00969. The van der Waals surface area contributed by atoms with Gasteiger partial charge in [-0.1, -0.05) is 6.07 Å². The average Bonchev–Trinajstić information content (AvgIpc) is 2.64. The van der Waals surface area contributed by atoms with Gasteiger partial charge in [-0.2, -0.15) is 0 Å². The molecule has 0 bridgehead atoms. The second-order valence-corrected chi connectivity index (χ2v) is 4.12. The molecule has 74 valence electrons. The largest absolute Gasteiger partial charge is 0.273 e. The van der Waals surface area contributed by atoms with Crippen LogP contribution in [0, 0.1) is 0 Å². The van der Waals surface area contributed by atoms with Crippen LogP contribution in [0.4, 0.5) is 0 Å². The molecule has 0 atom stereocenters. The molecule has 4 nitrogen and oxygen atoms in total. The average molecular weight is 210 g/mol. The molecule has 2 heterocycles. The summed E-state index contributed by atoms with van der Waals surface area (Å²) in [4.78, 5) is 23.3. The van der Waals surface area contributed by atoms with E-state index in [9.17, 15) is 9.59 Å². The van der Waals surface area contributed by atoms with Crippen LogP contribution in [0.5, 0.6) is 0 Å². The van der Waals surface area contributed by atoms with Crippen molar-refractivity contribution in [2.45, 2.75) is 12.8 Å². The van der Waals surface area contributed by atoms with Crippen LogP contribution in [0.3, 0.4) is 0 Å². The second-order valence-electron chi connectivity index (χ2n) is 3.09. The molecular formula is C9H10N2O2S. The minimum Gasteiger partial charge on any atom is -0.273 e. The second kappa shape index (κ2) is 3.79. The standard InChI is InChI=1S/C9H10N2O2S/c12-8(6-7-2-1-5-14-7)10-11-4-3-9(11)13/h1-2,5H,3-4,6H2,(H,10,12). The van der Waals surface area contributed by atoms with Crippen molar-refractivity contribution in [3.05, 3.63) is 22.4 Å². The highest BCUT2D eigenvalue weighted by Crippen LogP contribution is 2.10. The van der Waals surface area contributed by atoms with Gasteiger partial charge in [0.1, 0.15) is 0 Å². The molecule has 1 N–H and O–H groups in total. The van der Waals surface area contributed by atoms with Gasteiger partial charge in [0, 0.05) is 11.3 Å². The smallest absolute Gasteiger partial charge is 0.243 e. The Morgan fingerprint density at radius 2 is 2.50 bits per heavy atom. The number of carbonyl (C=O) groups excluding carboxylic acids is 2. The SMILES string of the molecule is O=C(Cc1cccs1)NN1CCC1=O. The summed E-state index contributed by atoms with van der Waals surface area (Å²) < 4.78 is 0. The first-order chi connectivity index (χ1) is 6.75. The summed E-state index contributed by atoms with van der Waals surface area (Å²) in [5.41, 5.74) is 2.56. The van der Waals surface area contributed by atoms with Gasteiger partial charge in [-0.05, 0) is 11.4 Å². The zero-order chi connectivity index (χ0) is 9.97. The Bertz CT molecular complexity index is 348. The highest BCUT2D eigenvalue weighted by molar-refractivity contribution is 7.10. The molecule has 0 aromatic carbocycles.